The van der Waals surface area contributed by atoms with E-state index < -0.39 is 0 Å². The Balaban J connectivity index is 1.81. The van der Waals surface area contributed by atoms with Crippen LogP contribution < -0.4 is 10.1 Å². The quantitative estimate of drug-likeness (QED) is 0.807. The first-order valence-corrected chi connectivity index (χ1v) is 6.54. The summed E-state index contributed by atoms with van der Waals surface area (Å²) in [5.41, 5.74) is 3.36. The number of rotatable bonds is 6. The molecule has 19 heavy (non-hydrogen) atoms. The SMILES string of the molecule is COc1cc(C)nc(CNCCc2ccccc2)c1. The van der Waals surface area contributed by atoms with Crippen molar-refractivity contribution in [3.63, 3.8) is 0 Å². The largest absolute Gasteiger partial charge is 0.497 e. The van der Waals surface area contributed by atoms with Gasteiger partial charge in [-0.05, 0) is 25.5 Å². The van der Waals surface area contributed by atoms with Crippen molar-refractivity contribution in [3.8, 4) is 5.75 Å². The lowest BCUT2D eigenvalue weighted by atomic mass is 10.1. The first-order chi connectivity index (χ1) is 9.28. The molecule has 1 N–H and O–H groups in total. The highest BCUT2D eigenvalue weighted by atomic mass is 16.5. The lowest BCUT2D eigenvalue weighted by Gasteiger charge is -2.07. The van der Waals surface area contributed by atoms with Gasteiger partial charge in [0.2, 0.25) is 0 Å². The molecule has 1 heterocycles. The molecule has 1 aromatic carbocycles. The number of pyridine rings is 1. The minimum Gasteiger partial charge on any atom is -0.497 e. The number of nitrogens with zero attached hydrogens (tertiary/aromatic N) is 1. The maximum Gasteiger partial charge on any atom is 0.122 e. The van der Waals surface area contributed by atoms with Crippen molar-refractivity contribution < 1.29 is 4.74 Å². The highest BCUT2D eigenvalue weighted by Gasteiger charge is 2.00. The molecule has 100 valence electrons. The molecule has 1 aromatic heterocycles. The predicted octanol–water partition coefficient (Wildman–Crippen LogP) is 2.73. The predicted molar refractivity (Wildman–Crippen MR) is 77.4 cm³/mol. The molecule has 0 saturated heterocycles. The van der Waals surface area contributed by atoms with Crippen LogP contribution in [-0.4, -0.2) is 18.6 Å². The third kappa shape index (κ3) is 4.38. The van der Waals surface area contributed by atoms with Crippen molar-refractivity contribution in [3.05, 3.63) is 59.4 Å². The number of hydrogen-bond donors (Lipinski definition) is 1. The lowest BCUT2D eigenvalue weighted by molar-refractivity contribution is 0.412. The third-order valence-corrected chi connectivity index (χ3v) is 2.96. The van der Waals surface area contributed by atoms with Gasteiger partial charge in [-0.15, -0.1) is 0 Å². The van der Waals surface area contributed by atoms with E-state index >= 15 is 0 Å². The van der Waals surface area contributed by atoms with Crippen molar-refractivity contribution in [2.75, 3.05) is 13.7 Å². The molecular formula is C16H20N2O. The molecule has 3 heteroatoms. The monoisotopic (exact) mass is 256 g/mol. The summed E-state index contributed by atoms with van der Waals surface area (Å²) >= 11 is 0. The van der Waals surface area contributed by atoms with Crippen molar-refractivity contribution in [1.82, 2.24) is 10.3 Å². The maximum absolute atomic E-state index is 5.24. The van der Waals surface area contributed by atoms with Gasteiger partial charge in [0.05, 0.1) is 12.8 Å². The highest BCUT2D eigenvalue weighted by Crippen LogP contribution is 2.13. The van der Waals surface area contributed by atoms with Gasteiger partial charge in [-0.25, -0.2) is 0 Å². The Bertz CT molecular complexity index is 511. The van der Waals surface area contributed by atoms with Gasteiger partial charge in [0, 0.05) is 24.4 Å². The van der Waals surface area contributed by atoms with Crippen LogP contribution in [0.2, 0.25) is 0 Å². The van der Waals surface area contributed by atoms with E-state index in [-0.39, 0.29) is 0 Å². The first kappa shape index (κ1) is 13.6. The zero-order valence-corrected chi connectivity index (χ0v) is 11.5. The van der Waals surface area contributed by atoms with Crippen molar-refractivity contribution in [1.29, 1.82) is 0 Å². The van der Waals surface area contributed by atoms with Crippen LogP contribution in [-0.2, 0) is 13.0 Å². The van der Waals surface area contributed by atoms with Crippen molar-refractivity contribution >= 4 is 0 Å². The molecule has 0 aliphatic carbocycles. The van der Waals surface area contributed by atoms with Crippen LogP contribution in [0.5, 0.6) is 5.75 Å². The van der Waals surface area contributed by atoms with Crippen LogP contribution in [0.15, 0.2) is 42.5 Å². The summed E-state index contributed by atoms with van der Waals surface area (Å²) < 4.78 is 5.24. The Morgan fingerprint density at radius 3 is 2.68 bits per heavy atom. The Hall–Kier alpha value is -1.87. The Morgan fingerprint density at radius 2 is 1.95 bits per heavy atom. The van der Waals surface area contributed by atoms with E-state index in [4.69, 9.17) is 4.74 Å². The number of benzene rings is 1. The summed E-state index contributed by atoms with van der Waals surface area (Å²) in [6.07, 6.45) is 1.03. The summed E-state index contributed by atoms with van der Waals surface area (Å²) in [6.45, 7) is 3.70. The second-order valence-corrected chi connectivity index (χ2v) is 4.55. The standard InChI is InChI=1S/C16H20N2O/c1-13-10-16(19-2)11-15(18-13)12-17-9-8-14-6-4-3-5-7-14/h3-7,10-11,17H,8-9,12H2,1-2H3. The van der Waals surface area contributed by atoms with E-state index in [9.17, 15) is 0 Å². The fourth-order valence-corrected chi connectivity index (χ4v) is 2.01. The normalized spacial score (nSPS) is 10.4. The molecule has 0 aliphatic heterocycles. The molecule has 0 unspecified atom stereocenters. The lowest BCUT2D eigenvalue weighted by Crippen LogP contribution is -2.17. The Kier molecular flexibility index (Phi) is 4.93. The zero-order chi connectivity index (χ0) is 13.5. The second kappa shape index (κ2) is 6.90. The van der Waals surface area contributed by atoms with E-state index in [1.54, 1.807) is 7.11 Å². The number of hydrogen-bond acceptors (Lipinski definition) is 3. The van der Waals surface area contributed by atoms with Crippen LogP contribution in [0.25, 0.3) is 0 Å². The summed E-state index contributed by atoms with van der Waals surface area (Å²) in [4.78, 5) is 4.48. The van der Waals surface area contributed by atoms with Gasteiger partial charge in [0.25, 0.3) is 0 Å². The molecule has 0 atom stereocenters. The van der Waals surface area contributed by atoms with E-state index in [0.29, 0.717) is 0 Å². The molecule has 0 aliphatic rings. The van der Waals surface area contributed by atoms with Crippen LogP contribution in [0.1, 0.15) is 17.0 Å². The Labute approximate surface area is 114 Å². The summed E-state index contributed by atoms with van der Waals surface area (Å²) in [5, 5.41) is 3.41. The summed E-state index contributed by atoms with van der Waals surface area (Å²) in [6, 6.07) is 14.4. The molecule has 2 aromatic rings. The summed E-state index contributed by atoms with van der Waals surface area (Å²) in [5.74, 6) is 0.868. The van der Waals surface area contributed by atoms with Gasteiger partial charge < -0.3 is 10.1 Å². The Morgan fingerprint density at radius 1 is 1.16 bits per heavy atom. The highest BCUT2D eigenvalue weighted by molar-refractivity contribution is 5.26. The van der Waals surface area contributed by atoms with Gasteiger partial charge in [-0.2, -0.15) is 0 Å². The van der Waals surface area contributed by atoms with Crippen LogP contribution in [0.4, 0.5) is 0 Å². The fraction of sp³-hybridized carbons (Fsp3) is 0.312. The van der Waals surface area contributed by atoms with Gasteiger partial charge in [-0.3, -0.25) is 4.98 Å². The molecule has 2 rings (SSSR count). The van der Waals surface area contributed by atoms with Crippen LogP contribution in [0.3, 0.4) is 0 Å². The van der Waals surface area contributed by atoms with Gasteiger partial charge in [-0.1, -0.05) is 30.3 Å². The molecule has 3 nitrogen and oxygen atoms in total. The van der Waals surface area contributed by atoms with Crippen LogP contribution >= 0.6 is 0 Å². The second-order valence-electron chi connectivity index (χ2n) is 4.55. The number of aromatic nitrogens is 1. The molecule has 0 fully saturated rings. The van der Waals surface area contributed by atoms with Crippen molar-refractivity contribution in [2.45, 2.75) is 19.9 Å². The van der Waals surface area contributed by atoms with E-state index in [1.807, 2.05) is 25.1 Å². The molecule has 0 spiro atoms. The fourth-order valence-electron chi connectivity index (χ4n) is 2.01. The smallest absolute Gasteiger partial charge is 0.122 e. The summed E-state index contributed by atoms with van der Waals surface area (Å²) in [7, 11) is 1.68. The van der Waals surface area contributed by atoms with E-state index in [1.165, 1.54) is 5.56 Å². The first-order valence-electron chi connectivity index (χ1n) is 6.54. The minimum absolute atomic E-state index is 0.769. The van der Waals surface area contributed by atoms with Gasteiger partial charge in [0.15, 0.2) is 0 Å². The number of methoxy groups -OCH3 is 1. The van der Waals surface area contributed by atoms with Gasteiger partial charge in [0.1, 0.15) is 5.75 Å². The van der Waals surface area contributed by atoms with E-state index in [0.717, 1.165) is 36.6 Å². The van der Waals surface area contributed by atoms with Crippen molar-refractivity contribution in [2.24, 2.45) is 0 Å². The van der Waals surface area contributed by atoms with Crippen LogP contribution in [0, 0.1) is 6.92 Å². The molecule has 0 saturated carbocycles. The molecular weight excluding hydrogens is 236 g/mol. The number of aryl methyl sites for hydroxylation is 1. The molecule has 0 amide bonds. The average Bonchev–Trinajstić information content (AvgIpc) is 2.44. The number of ether oxygens (including phenoxy) is 1. The average molecular weight is 256 g/mol. The maximum atomic E-state index is 5.24. The molecule has 0 radical (unpaired) electrons. The van der Waals surface area contributed by atoms with Gasteiger partial charge >= 0.3 is 0 Å². The third-order valence-electron chi connectivity index (χ3n) is 2.96. The zero-order valence-electron chi connectivity index (χ0n) is 11.5. The molecule has 0 bridgehead atoms. The van der Waals surface area contributed by atoms with E-state index in [2.05, 4.69) is 34.6 Å². The minimum atomic E-state index is 0.769. The topological polar surface area (TPSA) is 34.1 Å². The number of nitrogens with one attached hydrogen (secondary N) is 1.